The average Bonchev–Trinajstić information content (AvgIpc) is 3.02. The summed E-state index contributed by atoms with van der Waals surface area (Å²) in [4.78, 5) is 0. The molecule has 0 aliphatic heterocycles. The van der Waals surface area contributed by atoms with Crippen molar-refractivity contribution in [3.05, 3.63) is 71.8 Å². The summed E-state index contributed by atoms with van der Waals surface area (Å²) in [6.07, 6.45) is 7.49. The van der Waals surface area contributed by atoms with E-state index in [0.29, 0.717) is 5.56 Å². The van der Waals surface area contributed by atoms with Crippen LogP contribution in [0.5, 0.6) is 0 Å². The van der Waals surface area contributed by atoms with Crippen LogP contribution in [0.15, 0.2) is 71.4 Å². The first-order valence-corrected chi connectivity index (χ1v) is 9.48. The van der Waals surface area contributed by atoms with E-state index in [-0.39, 0.29) is 5.84 Å². The zero-order chi connectivity index (χ0) is 19.8. The van der Waals surface area contributed by atoms with E-state index in [1.165, 1.54) is 11.1 Å². The number of hydrogen-bond acceptors (Lipinski definition) is 2. The van der Waals surface area contributed by atoms with Crippen LogP contribution in [0.25, 0.3) is 21.8 Å². The van der Waals surface area contributed by atoms with Crippen molar-refractivity contribution in [3.8, 4) is 0 Å². The first-order chi connectivity index (χ1) is 13.2. The summed E-state index contributed by atoms with van der Waals surface area (Å²) in [5.41, 5.74) is 11.3. The number of rotatable bonds is 5. The Hall–Kier alpha value is -3.01. The van der Waals surface area contributed by atoms with Gasteiger partial charge in [0.1, 0.15) is 0 Å². The van der Waals surface area contributed by atoms with Crippen LogP contribution in [0.2, 0.25) is 0 Å². The first kappa shape index (κ1) is 20.3. The zero-order valence-corrected chi connectivity index (χ0v) is 16.6. The second-order valence-corrected chi connectivity index (χ2v) is 5.98. The number of amidine groups is 1. The highest BCUT2D eigenvalue weighted by Crippen LogP contribution is 2.30. The zero-order valence-electron chi connectivity index (χ0n) is 16.6. The Balaban J connectivity index is 0.00000126. The second kappa shape index (κ2) is 9.62. The summed E-state index contributed by atoms with van der Waals surface area (Å²) in [7, 11) is 0. The highest BCUT2D eigenvalue weighted by molar-refractivity contribution is 6.11. The van der Waals surface area contributed by atoms with E-state index in [4.69, 9.17) is 10.9 Å². The van der Waals surface area contributed by atoms with Gasteiger partial charge < -0.3 is 4.57 Å². The summed E-state index contributed by atoms with van der Waals surface area (Å²) < 4.78 is 2.32. The van der Waals surface area contributed by atoms with Crippen LogP contribution in [-0.4, -0.2) is 10.4 Å². The van der Waals surface area contributed by atoms with Gasteiger partial charge >= 0.3 is 0 Å². The van der Waals surface area contributed by atoms with E-state index in [0.717, 1.165) is 29.3 Å². The lowest BCUT2D eigenvalue weighted by atomic mass is 10.1. The number of fused-ring (bicyclic) bond motifs is 3. The minimum absolute atomic E-state index is 0.0146. The quantitative estimate of drug-likeness (QED) is 0.211. The monoisotopic (exact) mass is 360 g/mol. The van der Waals surface area contributed by atoms with E-state index >= 15 is 0 Å². The number of hydrogen-bond donors (Lipinski definition) is 2. The fourth-order valence-electron chi connectivity index (χ4n) is 3.28. The topological polar surface area (TPSA) is 65.0 Å². The molecule has 1 aromatic heterocycles. The van der Waals surface area contributed by atoms with Crippen molar-refractivity contribution in [2.24, 2.45) is 5.11 Å². The van der Waals surface area contributed by atoms with Crippen LogP contribution in [0.1, 0.15) is 39.7 Å². The van der Waals surface area contributed by atoms with Crippen LogP contribution in [0.4, 0.5) is 0 Å². The number of aromatic nitrogens is 1. The Kier molecular flexibility index (Phi) is 7.24. The Morgan fingerprint density at radius 2 is 1.78 bits per heavy atom. The smallest absolute Gasteiger partial charge is 0.173 e. The van der Waals surface area contributed by atoms with Crippen molar-refractivity contribution in [2.45, 2.75) is 40.7 Å². The van der Waals surface area contributed by atoms with Crippen molar-refractivity contribution in [1.82, 2.24) is 4.57 Å². The Labute approximate surface area is 161 Å². The third kappa shape index (κ3) is 4.22. The fourth-order valence-corrected chi connectivity index (χ4v) is 3.28. The van der Waals surface area contributed by atoms with E-state index in [9.17, 15) is 0 Å². The molecular weight excluding hydrogens is 332 g/mol. The van der Waals surface area contributed by atoms with Gasteiger partial charge in [0, 0.05) is 33.9 Å². The number of nitrogens with one attached hydrogen (secondary N) is 2. The number of para-hydroxylation sites is 1. The maximum absolute atomic E-state index is 7.81. The molecule has 2 N–H and O–H groups in total. The summed E-state index contributed by atoms with van der Waals surface area (Å²) in [6, 6.07) is 14.2. The lowest BCUT2D eigenvalue weighted by molar-refractivity contribution is 0.861. The average molecular weight is 361 g/mol. The molecular formula is C23H28N4. The summed E-state index contributed by atoms with van der Waals surface area (Å²) in [5, 5.41) is 13.3. The minimum Gasteiger partial charge on any atom is -0.336 e. The highest BCUT2D eigenvalue weighted by Gasteiger charge is 2.12. The summed E-state index contributed by atoms with van der Waals surface area (Å²) >= 11 is 0. The van der Waals surface area contributed by atoms with Gasteiger partial charge in [0.15, 0.2) is 5.84 Å². The molecule has 0 bridgehead atoms. The van der Waals surface area contributed by atoms with E-state index in [1.807, 2.05) is 45.0 Å². The molecule has 0 unspecified atom stereocenters. The van der Waals surface area contributed by atoms with Crippen molar-refractivity contribution in [2.75, 3.05) is 0 Å². The van der Waals surface area contributed by atoms with Gasteiger partial charge in [0.2, 0.25) is 0 Å². The minimum atomic E-state index is -0.0146. The number of nitrogens with zero attached hydrogens (tertiary/aromatic N) is 2. The van der Waals surface area contributed by atoms with Gasteiger partial charge in [-0.3, -0.25) is 5.41 Å². The second-order valence-electron chi connectivity index (χ2n) is 5.98. The lowest BCUT2D eigenvalue weighted by Crippen LogP contribution is -2.00. The molecule has 4 heteroatoms. The predicted molar refractivity (Wildman–Crippen MR) is 116 cm³/mol. The fraction of sp³-hybridized carbons (Fsp3) is 0.261. The third-order valence-electron chi connectivity index (χ3n) is 4.35. The van der Waals surface area contributed by atoms with Crippen molar-refractivity contribution >= 4 is 27.6 Å². The summed E-state index contributed by atoms with van der Waals surface area (Å²) in [5.74, 6) is -0.0146. The normalized spacial score (nSPS) is 11.6. The number of allylic oxidation sites excluding steroid dienone is 4. The van der Waals surface area contributed by atoms with Crippen molar-refractivity contribution < 1.29 is 0 Å². The van der Waals surface area contributed by atoms with Crippen LogP contribution < -0.4 is 0 Å². The van der Waals surface area contributed by atoms with Crippen LogP contribution in [-0.2, 0) is 6.54 Å². The molecule has 2 aromatic carbocycles. The molecule has 0 saturated heterocycles. The van der Waals surface area contributed by atoms with E-state index < -0.39 is 0 Å². The summed E-state index contributed by atoms with van der Waals surface area (Å²) in [6.45, 7) is 9.00. The van der Waals surface area contributed by atoms with Gasteiger partial charge in [0.25, 0.3) is 0 Å². The van der Waals surface area contributed by atoms with Crippen LogP contribution in [0, 0.1) is 10.9 Å². The molecule has 4 nitrogen and oxygen atoms in total. The maximum Gasteiger partial charge on any atom is 0.173 e. The van der Waals surface area contributed by atoms with Gasteiger partial charge in [0.05, 0.1) is 0 Å². The van der Waals surface area contributed by atoms with E-state index in [1.54, 1.807) is 0 Å². The Bertz CT molecular complexity index is 1010. The molecule has 3 aromatic rings. The predicted octanol–water partition coefficient (Wildman–Crippen LogP) is 7.09. The molecule has 140 valence electrons. The molecule has 1 heterocycles. The first-order valence-electron chi connectivity index (χ1n) is 9.48. The Morgan fingerprint density at radius 1 is 1.07 bits per heavy atom. The van der Waals surface area contributed by atoms with Gasteiger partial charge in [-0.15, -0.1) is 5.11 Å². The van der Waals surface area contributed by atoms with Crippen LogP contribution >= 0.6 is 0 Å². The Morgan fingerprint density at radius 3 is 2.44 bits per heavy atom. The highest BCUT2D eigenvalue weighted by atomic mass is 15.0. The standard InChI is InChI=1S/C21H22N4.C2H6/c1-3-7-15(8-4-2)14-25-19-10-6-5-9-17(19)18-13-16(21(22)24-23)11-12-20(18)25;1-2/h3,5-13,22-23H,4,14H2,1-2H3;1-2H3/b7-3-,15-8+,22-21?,24-23?;. The van der Waals surface area contributed by atoms with Crippen LogP contribution in [0.3, 0.4) is 0 Å². The van der Waals surface area contributed by atoms with E-state index in [2.05, 4.69) is 53.0 Å². The third-order valence-corrected chi connectivity index (χ3v) is 4.35. The van der Waals surface area contributed by atoms with Gasteiger partial charge in [-0.05, 0) is 43.2 Å². The van der Waals surface area contributed by atoms with Gasteiger partial charge in [-0.2, -0.15) is 0 Å². The largest absolute Gasteiger partial charge is 0.336 e. The molecule has 27 heavy (non-hydrogen) atoms. The lowest BCUT2D eigenvalue weighted by Gasteiger charge is -2.09. The molecule has 0 amide bonds. The molecule has 3 rings (SSSR count). The molecule has 0 saturated carbocycles. The molecule has 0 aliphatic carbocycles. The molecule has 0 atom stereocenters. The number of benzene rings is 2. The maximum atomic E-state index is 7.81. The molecule has 0 radical (unpaired) electrons. The van der Waals surface area contributed by atoms with Crippen molar-refractivity contribution in [3.63, 3.8) is 0 Å². The molecule has 0 aliphatic rings. The van der Waals surface area contributed by atoms with Crippen molar-refractivity contribution in [1.29, 1.82) is 10.9 Å². The SMILES string of the molecule is C/C=C\C(=C/CC)Cn1c2ccccc2c2cc(C(=N)N=N)ccc21.CC. The van der Waals surface area contributed by atoms with Gasteiger partial charge in [-0.1, -0.05) is 57.2 Å². The van der Waals surface area contributed by atoms with Gasteiger partial charge in [-0.25, -0.2) is 5.53 Å². The molecule has 0 spiro atoms. The molecule has 0 fully saturated rings.